The molecule has 20 heavy (non-hydrogen) atoms. The van der Waals surface area contributed by atoms with Crippen molar-refractivity contribution in [2.75, 3.05) is 0 Å². The largest absolute Gasteiger partial charge is 0.482 e. The molecule has 1 N–H and O–H groups in total. The van der Waals surface area contributed by atoms with Crippen LogP contribution in [-0.2, 0) is 5.60 Å². The van der Waals surface area contributed by atoms with Gasteiger partial charge in [0.25, 0.3) is 0 Å². The molecule has 3 rings (SSSR count). The molecule has 0 saturated carbocycles. The summed E-state index contributed by atoms with van der Waals surface area (Å²) in [7, 11) is 0. The van der Waals surface area contributed by atoms with Gasteiger partial charge in [0.1, 0.15) is 11.4 Å². The first-order chi connectivity index (χ1) is 9.49. The van der Waals surface area contributed by atoms with Crippen LogP contribution < -0.4 is 4.74 Å². The molecule has 1 heterocycles. The van der Waals surface area contributed by atoms with Crippen LogP contribution in [0.5, 0.6) is 5.75 Å². The Morgan fingerprint density at radius 3 is 2.80 bits per heavy atom. The zero-order valence-corrected chi connectivity index (χ0v) is 13.3. The average Bonchev–Trinajstić information content (AvgIpc) is 2.38. The lowest BCUT2D eigenvalue weighted by Crippen LogP contribution is -2.35. The van der Waals surface area contributed by atoms with Gasteiger partial charge in [0, 0.05) is 27.0 Å². The van der Waals surface area contributed by atoms with E-state index in [9.17, 15) is 5.11 Å². The lowest BCUT2D eigenvalue weighted by Gasteiger charge is -2.39. The fraction of sp³-hybridized carbons (Fsp3) is 0.250. The van der Waals surface area contributed by atoms with E-state index in [1.54, 1.807) is 0 Å². The van der Waals surface area contributed by atoms with Gasteiger partial charge >= 0.3 is 0 Å². The van der Waals surface area contributed by atoms with Crippen molar-refractivity contribution in [3.63, 3.8) is 0 Å². The predicted octanol–water partition coefficient (Wildman–Crippen LogP) is 4.83. The number of ether oxygens (including phenoxy) is 1. The second-order valence-electron chi connectivity index (χ2n) is 5.21. The number of para-hydroxylation sites is 1. The van der Waals surface area contributed by atoms with Crippen LogP contribution in [0.3, 0.4) is 0 Å². The molecule has 2 aromatic rings. The summed E-state index contributed by atoms with van der Waals surface area (Å²) in [5.41, 5.74) is 1.08. The second-order valence-corrected chi connectivity index (χ2v) is 6.54. The average molecular weight is 354 g/mol. The van der Waals surface area contributed by atoms with Crippen molar-refractivity contribution in [3.8, 4) is 5.75 Å². The van der Waals surface area contributed by atoms with Gasteiger partial charge in [-0.25, -0.2) is 0 Å². The van der Waals surface area contributed by atoms with E-state index in [4.69, 9.17) is 16.3 Å². The minimum absolute atomic E-state index is 0.478. The van der Waals surface area contributed by atoms with Crippen molar-refractivity contribution in [1.29, 1.82) is 0 Å². The maximum atomic E-state index is 10.4. The highest BCUT2D eigenvalue weighted by atomic mass is 79.9. The van der Waals surface area contributed by atoms with Crippen molar-refractivity contribution in [3.05, 3.63) is 63.1 Å². The molecular weight excluding hydrogens is 340 g/mol. The molecule has 2 aromatic carbocycles. The van der Waals surface area contributed by atoms with Gasteiger partial charge < -0.3 is 9.84 Å². The van der Waals surface area contributed by atoms with Gasteiger partial charge in [0.05, 0.1) is 6.10 Å². The minimum Gasteiger partial charge on any atom is -0.482 e. The van der Waals surface area contributed by atoms with E-state index in [0.717, 1.165) is 15.6 Å². The van der Waals surface area contributed by atoms with Crippen LogP contribution in [0.1, 0.15) is 30.6 Å². The topological polar surface area (TPSA) is 29.5 Å². The zero-order valence-electron chi connectivity index (χ0n) is 10.9. The van der Waals surface area contributed by atoms with Crippen LogP contribution in [0.15, 0.2) is 46.9 Å². The van der Waals surface area contributed by atoms with Gasteiger partial charge in [-0.2, -0.15) is 0 Å². The molecule has 2 atom stereocenters. The molecule has 0 aliphatic carbocycles. The molecular formula is C16H14BrClO2. The fourth-order valence-electron chi connectivity index (χ4n) is 2.70. The number of rotatable bonds is 1. The van der Waals surface area contributed by atoms with Crippen LogP contribution in [0.25, 0.3) is 0 Å². The van der Waals surface area contributed by atoms with Gasteiger partial charge in [-0.1, -0.05) is 51.8 Å². The van der Waals surface area contributed by atoms with Gasteiger partial charge in [0.2, 0.25) is 0 Å². The Bertz CT molecular complexity index is 659. The number of halogens is 2. The van der Waals surface area contributed by atoms with E-state index in [1.165, 1.54) is 0 Å². The third-order valence-corrected chi connectivity index (χ3v) is 4.50. The molecule has 0 saturated heterocycles. The molecule has 2 unspecified atom stereocenters. The first-order valence-corrected chi connectivity index (χ1v) is 7.58. The fourth-order valence-corrected chi connectivity index (χ4v) is 3.57. The Morgan fingerprint density at radius 1 is 1.30 bits per heavy atom. The molecule has 0 bridgehead atoms. The van der Waals surface area contributed by atoms with E-state index in [2.05, 4.69) is 15.9 Å². The lowest BCUT2D eigenvalue weighted by atomic mass is 9.85. The molecule has 0 fully saturated rings. The number of hydrogen-bond donors (Lipinski definition) is 1. The Labute approximate surface area is 131 Å². The summed E-state index contributed by atoms with van der Waals surface area (Å²) < 4.78 is 7.06. The van der Waals surface area contributed by atoms with E-state index in [1.807, 2.05) is 49.4 Å². The normalized spacial score (nSPS) is 24.9. The molecule has 2 nitrogen and oxygen atoms in total. The number of fused-ring (bicyclic) bond motifs is 1. The molecule has 0 amide bonds. The zero-order chi connectivity index (χ0) is 14.3. The molecule has 0 radical (unpaired) electrons. The predicted molar refractivity (Wildman–Crippen MR) is 83.2 cm³/mol. The molecule has 0 aromatic heterocycles. The Hall–Kier alpha value is -1.03. The second kappa shape index (κ2) is 5.06. The van der Waals surface area contributed by atoms with Gasteiger partial charge in [0.15, 0.2) is 0 Å². The van der Waals surface area contributed by atoms with E-state index in [-0.39, 0.29) is 0 Å². The van der Waals surface area contributed by atoms with E-state index >= 15 is 0 Å². The van der Waals surface area contributed by atoms with Crippen LogP contribution in [0.4, 0.5) is 0 Å². The smallest absolute Gasteiger partial charge is 0.135 e. The monoisotopic (exact) mass is 352 g/mol. The highest BCUT2D eigenvalue weighted by molar-refractivity contribution is 9.10. The first-order valence-electron chi connectivity index (χ1n) is 6.41. The summed E-state index contributed by atoms with van der Waals surface area (Å²) in [4.78, 5) is 0. The van der Waals surface area contributed by atoms with Crippen molar-refractivity contribution >= 4 is 27.5 Å². The highest BCUT2D eigenvalue weighted by Gasteiger charge is 2.39. The number of hydrogen-bond acceptors (Lipinski definition) is 2. The van der Waals surface area contributed by atoms with Crippen molar-refractivity contribution in [2.24, 2.45) is 0 Å². The van der Waals surface area contributed by atoms with E-state index in [0.29, 0.717) is 17.2 Å². The maximum Gasteiger partial charge on any atom is 0.135 e. The van der Waals surface area contributed by atoms with Crippen molar-refractivity contribution in [2.45, 2.75) is 25.0 Å². The maximum absolute atomic E-state index is 10.4. The molecule has 1 aliphatic heterocycles. The summed E-state index contributed by atoms with van der Waals surface area (Å²) in [6.07, 6.45) is -0.0737. The standard InChI is InChI=1S/C16H14BrClO2/c1-16(12-7-6-10(17)8-13(12)18)9-14(19)11-4-2-3-5-15(11)20-16/h2-8,14,19H,9H2,1H3. The molecule has 1 aliphatic rings. The van der Waals surface area contributed by atoms with Crippen LogP contribution in [-0.4, -0.2) is 5.11 Å². The highest BCUT2D eigenvalue weighted by Crippen LogP contribution is 2.46. The summed E-state index contributed by atoms with van der Waals surface area (Å²) in [6.45, 7) is 1.96. The van der Waals surface area contributed by atoms with Crippen LogP contribution in [0, 0.1) is 0 Å². The summed E-state index contributed by atoms with van der Waals surface area (Å²) in [6, 6.07) is 13.3. The third-order valence-electron chi connectivity index (χ3n) is 3.70. The van der Waals surface area contributed by atoms with E-state index < -0.39 is 11.7 Å². The van der Waals surface area contributed by atoms with Crippen molar-refractivity contribution in [1.82, 2.24) is 0 Å². The van der Waals surface area contributed by atoms with Gasteiger partial charge in [-0.05, 0) is 25.1 Å². The Morgan fingerprint density at radius 2 is 2.05 bits per heavy atom. The summed E-state index contributed by atoms with van der Waals surface area (Å²) >= 11 is 9.74. The van der Waals surface area contributed by atoms with Crippen LogP contribution in [0.2, 0.25) is 5.02 Å². The van der Waals surface area contributed by atoms with Crippen molar-refractivity contribution < 1.29 is 9.84 Å². The molecule has 0 spiro atoms. The first kappa shape index (κ1) is 13.9. The Kier molecular flexibility index (Phi) is 3.53. The number of benzene rings is 2. The molecule has 4 heteroatoms. The number of aliphatic hydroxyl groups excluding tert-OH is 1. The third kappa shape index (κ3) is 2.34. The van der Waals surface area contributed by atoms with Gasteiger partial charge in [-0.3, -0.25) is 0 Å². The quantitative estimate of drug-likeness (QED) is 0.795. The Balaban J connectivity index is 2.06. The SMILES string of the molecule is CC1(c2ccc(Br)cc2Cl)CC(O)c2ccccc2O1. The number of aliphatic hydroxyl groups is 1. The van der Waals surface area contributed by atoms with Gasteiger partial charge in [-0.15, -0.1) is 0 Å². The minimum atomic E-state index is -0.633. The van der Waals surface area contributed by atoms with Crippen LogP contribution >= 0.6 is 27.5 Å². The summed E-state index contributed by atoms with van der Waals surface area (Å²) in [5.74, 6) is 0.715. The molecule has 104 valence electrons. The summed E-state index contributed by atoms with van der Waals surface area (Å²) in [5, 5.41) is 11.0. The lowest BCUT2D eigenvalue weighted by molar-refractivity contribution is -0.00477.